The lowest BCUT2D eigenvalue weighted by molar-refractivity contribution is -0.160. The molecule has 1 heterocycles. The van der Waals surface area contributed by atoms with Gasteiger partial charge in [0.05, 0.1) is 28.9 Å². The van der Waals surface area contributed by atoms with Gasteiger partial charge in [0.1, 0.15) is 4.75 Å². The first-order chi connectivity index (χ1) is 8.39. The monoisotopic (exact) mass is 274 g/mol. The molecule has 104 valence electrons. The molecule has 0 aromatic rings. The Morgan fingerprint density at radius 1 is 1.56 bits per heavy atom. The van der Waals surface area contributed by atoms with Gasteiger partial charge in [-0.25, -0.2) is 8.57 Å². The average molecular weight is 274 g/mol. The van der Waals surface area contributed by atoms with Crippen molar-refractivity contribution in [3.8, 4) is 6.07 Å². The van der Waals surface area contributed by atoms with E-state index in [0.717, 1.165) is 25.9 Å². The Morgan fingerprint density at radius 2 is 2.28 bits per heavy atom. The summed E-state index contributed by atoms with van der Waals surface area (Å²) in [4.78, 5) is 0. The zero-order chi connectivity index (χ0) is 13.6. The van der Waals surface area contributed by atoms with Gasteiger partial charge in [-0.1, -0.05) is 0 Å². The molecule has 0 aliphatic carbocycles. The zero-order valence-corrected chi connectivity index (χ0v) is 12.2. The first-order valence-corrected chi connectivity index (χ1v) is 8.13. The van der Waals surface area contributed by atoms with E-state index in [1.165, 1.54) is 6.26 Å². The Balaban J connectivity index is 2.40. The lowest BCUT2D eigenvalue weighted by Crippen LogP contribution is -2.29. The van der Waals surface area contributed by atoms with Gasteiger partial charge in [-0.2, -0.15) is 5.26 Å². The lowest BCUT2D eigenvalue weighted by atomic mass is 10.2. The zero-order valence-electron chi connectivity index (χ0n) is 11.3. The molecule has 1 aliphatic heterocycles. The quantitative estimate of drug-likeness (QED) is 0.718. The van der Waals surface area contributed by atoms with Gasteiger partial charge < -0.3 is 9.47 Å². The Morgan fingerprint density at radius 3 is 2.83 bits per heavy atom. The number of rotatable bonds is 5. The predicted molar refractivity (Wildman–Crippen MR) is 70.6 cm³/mol. The number of ether oxygens (including phenoxy) is 2. The fourth-order valence-electron chi connectivity index (χ4n) is 1.48. The minimum Gasteiger partial charge on any atom is -0.353 e. The molecule has 18 heavy (non-hydrogen) atoms. The molecular formula is C12H22N2O3S. The minimum absolute atomic E-state index is 0.147. The number of nitrogens with zero attached hydrogens (tertiary/aromatic N) is 2. The maximum atomic E-state index is 12.2. The minimum atomic E-state index is -2.52. The van der Waals surface area contributed by atoms with Gasteiger partial charge in [0.25, 0.3) is 0 Å². The molecule has 0 bridgehead atoms. The van der Waals surface area contributed by atoms with Crippen LogP contribution < -0.4 is 0 Å². The number of hydrogen-bond donors (Lipinski definition) is 0. The summed E-state index contributed by atoms with van der Waals surface area (Å²) < 4.78 is 26.3. The van der Waals surface area contributed by atoms with Crippen molar-refractivity contribution < 1.29 is 13.7 Å². The van der Waals surface area contributed by atoms with Crippen molar-refractivity contribution in [2.24, 2.45) is 4.36 Å². The molecule has 0 aromatic carbocycles. The van der Waals surface area contributed by atoms with Crippen LogP contribution in [-0.2, 0) is 19.2 Å². The molecule has 6 heteroatoms. The maximum absolute atomic E-state index is 12.2. The normalized spacial score (nSPS) is 24.0. The Hall–Kier alpha value is -0.640. The van der Waals surface area contributed by atoms with Crippen molar-refractivity contribution >= 4 is 9.73 Å². The number of hydrogen-bond acceptors (Lipinski definition) is 5. The van der Waals surface area contributed by atoms with E-state index < -0.39 is 14.5 Å². The molecule has 2 unspecified atom stereocenters. The largest absolute Gasteiger partial charge is 0.353 e. The van der Waals surface area contributed by atoms with Crippen LogP contribution in [0.5, 0.6) is 0 Å². The topological polar surface area (TPSA) is 71.7 Å². The standard InChI is InChI=1S/C12H22N2O3S/c1-12(2,10-13)18(3,15)14-7-9-17-11-6-4-5-8-16-11/h11H,4-9H2,1-3H3. The SMILES string of the molecule is CC(C)(C#N)S(C)(=O)=NCCOC1CCCCO1. The van der Waals surface area contributed by atoms with E-state index in [9.17, 15) is 4.21 Å². The van der Waals surface area contributed by atoms with E-state index in [0.29, 0.717) is 13.2 Å². The maximum Gasteiger partial charge on any atom is 0.157 e. The Labute approximate surface area is 110 Å². The van der Waals surface area contributed by atoms with Crippen LogP contribution in [-0.4, -0.2) is 41.3 Å². The second-order valence-electron chi connectivity index (χ2n) is 4.94. The summed E-state index contributed by atoms with van der Waals surface area (Å²) in [5, 5.41) is 8.95. The lowest BCUT2D eigenvalue weighted by Gasteiger charge is -2.22. The van der Waals surface area contributed by atoms with E-state index in [1.807, 2.05) is 6.07 Å². The molecule has 2 atom stereocenters. The predicted octanol–water partition coefficient (Wildman–Crippen LogP) is 1.93. The molecule has 1 fully saturated rings. The molecule has 0 radical (unpaired) electrons. The molecule has 0 amide bonds. The fraction of sp³-hybridized carbons (Fsp3) is 0.917. The van der Waals surface area contributed by atoms with Gasteiger partial charge in [0.2, 0.25) is 0 Å². The molecular weight excluding hydrogens is 252 g/mol. The summed E-state index contributed by atoms with van der Waals surface area (Å²) in [6, 6.07) is 2.04. The van der Waals surface area contributed by atoms with Crippen molar-refractivity contribution in [1.29, 1.82) is 5.26 Å². The molecule has 5 nitrogen and oxygen atoms in total. The summed E-state index contributed by atoms with van der Waals surface area (Å²) in [6.45, 7) is 4.75. The summed E-state index contributed by atoms with van der Waals surface area (Å²) in [6.07, 6.45) is 4.49. The highest BCUT2D eigenvalue weighted by atomic mass is 32.2. The first kappa shape index (κ1) is 15.4. The third-order valence-electron chi connectivity index (χ3n) is 3.09. The van der Waals surface area contributed by atoms with Crippen LogP contribution in [0.3, 0.4) is 0 Å². The van der Waals surface area contributed by atoms with Crippen molar-refractivity contribution in [3.63, 3.8) is 0 Å². The second-order valence-corrected chi connectivity index (χ2v) is 7.83. The van der Waals surface area contributed by atoms with Crippen LogP contribution in [0.15, 0.2) is 4.36 Å². The average Bonchev–Trinajstić information content (AvgIpc) is 2.36. The Kier molecular flexibility index (Phi) is 5.57. The van der Waals surface area contributed by atoms with Gasteiger partial charge in [-0.15, -0.1) is 0 Å². The van der Waals surface area contributed by atoms with Crippen LogP contribution in [0.25, 0.3) is 0 Å². The van der Waals surface area contributed by atoms with Gasteiger partial charge in [0, 0.05) is 12.9 Å². The molecule has 1 rings (SSSR count). The molecule has 0 spiro atoms. The molecule has 1 saturated heterocycles. The highest BCUT2D eigenvalue weighted by Crippen LogP contribution is 2.17. The van der Waals surface area contributed by atoms with Crippen LogP contribution in [0.4, 0.5) is 0 Å². The smallest absolute Gasteiger partial charge is 0.157 e. The van der Waals surface area contributed by atoms with E-state index in [4.69, 9.17) is 14.7 Å². The summed E-state index contributed by atoms with van der Waals surface area (Å²) in [7, 11) is -2.52. The number of nitriles is 1. The Bertz CT molecular complexity index is 414. The van der Waals surface area contributed by atoms with E-state index >= 15 is 0 Å². The molecule has 0 aromatic heterocycles. The van der Waals surface area contributed by atoms with Crippen LogP contribution in [0.1, 0.15) is 33.1 Å². The highest BCUT2D eigenvalue weighted by Gasteiger charge is 2.27. The van der Waals surface area contributed by atoms with Crippen molar-refractivity contribution in [2.45, 2.75) is 44.1 Å². The third kappa shape index (κ3) is 4.23. The first-order valence-electron chi connectivity index (χ1n) is 6.21. The van der Waals surface area contributed by atoms with Gasteiger partial charge in [-0.05, 0) is 33.1 Å². The second kappa shape index (κ2) is 6.50. The summed E-state index contributed by atoms with van der Waals surface area (Å²) in [5.74, 6) is 0. The molecule has 0 saturated carbocycles. The third-order valence-corrected chi connectivity index (χ3v) is 5.75. The van der Waals surface area contributed by atoms with Crippen LogP contribution >= 0.6 is 0 Å². The molecule has 0 N–H and O–H groups in total. The molecule has 1 aliphatic rings. The van der Waals surface area contributed by atoms with E-state index in [1.54, 1.807) is 13.8 Å². The van der Waals surface area contributed by atoms with Crippen molar-refractivity contribution in [2.75, 3.05) is 26.0 Å². The van der Waals surface area contributed by atoms with E-state index in [2.05, 4.69) is 4.36 Å². The fourth-order valence-corrected chi connectivity index (χ4v) is 2.40. The van der Waals surface area contributed by atoms with Crippen LogP contribution in [0.2, 0.25) is 0 Å². The summed E-state index contributed by atoms with van der Waals surface area (Å²) in [5.41, 5.74) is 0. The van der Waals surface area contributed by atoms with Crippen molar-refractivity contribution in [3.05, 3.63) is 0 Å². The highest BCUT2D eigenvalue weighted by molar-refractivity contribution is 7.94. The van der Waals surface area contributed by atoms with Gasteiger partial charge in [-0.3, -0.25) is 0 Å². The summed E-state index contributed by atoms with van der Waals surface area (Å²) >= 11 is 0. The van der Waals surface area contributed by atoms with Gasteiger partial charge in [0.15, 0.2) is 6.29 Å². The van der Waals surface area contributed by atoms with Gasteiger partial charge >= 0.3 is 0 Å². The van der Waals surface area contributed by atoms with E-state index in [-0.39, 0.29) is 6.29 Å². The van der Waals surface area contributed by atoms with Crippen molar-refractivity contribution in [1.82, 2.24) is 0 Å². The van der Waals surface area contributed by atoms with Crippen LogP contribution in [0, 0.1) is 11.3 Å².